The van der Waals surface area contributed by atoms with Gasteiger partial charge in [-0.2, -0.15) is 4.37 Å². The van der Waals surface area contributed by atoms with Crippen molar-refractivity contribution in [1.29, 1.82) is 0 Å². The second-order valence-electron chi connectivity index (χ2n) is 9.84. The molecule has 5 aromatic rings. The van der Waals surface area contributed by atoms with Gasteiger partial charge in [0.2, 0.25) is 5.82 Å². The van der Waals surface area contributed by atoms with Crippen LogP contribution in [0.1, 0.15) is 5.69 Å². The third-order valence-corrected chi connectivity index (χ3v) is 9.26. The van der Waals surface area contributed by atoms with E-state index in [1.54, 1.807) is 17.0 Å². The summed E-state index contributed by atoms with van der Waals surface area (Å²) in [5.74, 6) is 1.20. The number of aromatic nitrogens is 6. The Balaban J connectivity index is 1.60. The Bertz CT molecular complexity index is 1540. The topological polar surface area (TPSA) is 70.7 Å². The Labute approximate surface area is 224 Å². The molecule has 2 aromatic carbocycles. The summed E-state index contributed by atoms with van der Waals surface area (Å²) in [5, 5.41) is 9.47. The zero-order valence-corrected chi connectivity index (χ0v) is 23.8. The van der Waals surface area contributed by atoms with Crippen molar-refractivity contribution in [3.05, 3.63) is 64.5 Å². The van der Waals surface area contributed by atoms with Crippen LogP contribution in [0.5, 0.6) is 0 Å². The fourth-order valence-corrected chi connectivity index (χ4v) is 5.75. The Morgan fingerprint density at radius 2 is 1.89 bits per heavy atom. The number of benzene rings is 2. The molecule has 0 bridgehead atoms. The highest BCUT2D eigenvalue weighted by molar-refractivity contribution is 7.09. The van der Waals surface area contributed by atoms with Gasteiger partial charge in [-0.25, -0.2) is 4.98 Å². The van der Waals surface area contributed by atoms with Crippen LogP contribution in [-0.2, 0) is 11.5 Å². The van der Waals surface area contributed by atoms with Crippen LogP contribution in [-0.4, -0.2) is 43.4 Å². The van der Waals surface area contributed by atoms with Crippen molar-refractivity contribution < 1.29 is 4.74 Å². The number of ether oxygens (including phenoxy) is 1. The minimum atomic E-state index is -1.22. The fourth-order valence-electron chi connectivity index (χ4n) is 3.86. The minimum Gasteiger partial charge on any atom is -0.361 e. The molecule has 11 heteroatoms. The van der Waals surface area contributed by atoms with E-state index in [0.717, 1.165) is 33.2 Å². The van der Waals surface area contributed by atoms with Gasteiger partial charge in [0.25, 0.3) is 0 Å². The maximum atomic E-state index is 6.54. The summed E-state index contributed by atoms with van der Waals surface area (Å²) in [6.45, 7) is 10.1. The number of aryl methyl sites for hydroxylation is 1. The van der Waals surface area contributed by atoms with Crippen molar-refractivity contribution in [2.45, 2.75) is 39.3 Å². The normalized spacial score (nSPS) is 12.1. The van der Waals surface area contributed by atoms with E-state index in [-0.39, 0.29) is 0 Å². The van der Waals surface area contributed by atoms with E-state index in [1.165, 1.54) is 11.5 Å². The molecule has 0 aliphatic heterocycles. The lowest BCUT2D eigenvalue weighted by atomic mass is 10.1. The van der Waals surface area contributed by atoms with Gasteiger partial charge in [-0.1, -0.05) is 55.0 Å². The van der Waals surface area contributed by atoms with E-state index in [4.69, 9.17) is 32.9 Å². The first-order valence-corrected chi connectivity index (χ1v) is 16.8. The summed E-state index contributed by atoms with van der Waals surface area (Å²) in [6, 6.07) is 14.9. The molecule has 0 aliphatic rings. The first-order chi connectivity index (χ1) is 17.2. The molecule has 0 fully saturated rings. The Hall–Kier alpha value is -2.56. The Morgan fingerprint density at radius 3 is 2.64 bits per heavy atom. The van der Waals surface area contributed by atoms with Crippen molar-refractivity contribution in [1.82, 2.24) is 28.7 Å². The van der Waals surface area contributed by atoms with Crippen LogP contribution in [0.4, 0.5) is 0 Å². The van der Waals surface area contributed by atoms with Crippen LogP contribution in [0, 0.1) is 6.92 Å². The molecule has 186 valence electrons. The maximum absolute atomic E-state index is 6.54. The van der Waals surface area contributed by atoms with E-state index in [1.807, 2.05) is 23.6 Å². The highest BCUT2D eigenvalue weighted by atomic mass is 35.5. The third-order valence-electron chi connectivity index (χ3n) is 5.82. The van der Waals surface area contributed by atoms with Crippen molar-refractivity contribution in [3.63, 3.8) is 0 Å². The van der Waals surface area contributed by atoms with E-state index in [2.05, 4.69) is 58.5 Å². The minimum absolute atomic E-state index is 0.353. The molecule has 0 aliphatic carbocycles. The van der Waals surface area contributed by atoms with Gasteiger partial charge in [-0.15, -0.1) is 10.2 Å². The summed E-state index contributed by atoms with van der Waals surface area (Å²) in [4.78, 5) is 6.09. The van der Waals surface area contributed by atoms with E-state index < -0.39 is 8.07 Å². The number of rotatable bonds is 8. The SMILES string of the molecule is Cc1cc(-c2ccc3c(c2)nc(-c2nncn2-c2cccc(Cl)c2Cl)n3COCC[Si](C)(C)C)sn1. The first kappa shape index (κ1) is 25.1. The average molecular weight is 558 g/mol. The van der Waals surface area contributed by atoms with Gasteiger partial charge in [0.05, 0.1) is 37.3 Å². The molecule has 0 unspecified atom stereocenters. The van der Waals surface area contributed by atoms with E-state index in [9.17, 15) is 0 Å². The van der Waals surface area contributed by atoms with Crippen LogP contribution in [0.15, 0.2) is 48.8 Å². The predicted octanol–water partition coefficient (Wildman–Crippen LogP) is 7.34. The number of hydrogen-bond donors (Lipinski definition) is 0. The fraction of sp³-hybridized carbons (Fsp3) is 0.280. The molecule has 3 aromatic heterocycles. The van der Waals surface area contributed by atoms with Gasteiger partial charge in [-0.05, 0) is 60.4 Å². The first-order valence-electron chi connectivity index (χ1n) is 11.6. The van der Waals surface area contributed by atoms with Crippen molar-refractivity contribution >= 4 is 53.8 Å². The quantitative estimate of drug-likeness (QED) is 0.148. The van der Waals surface area contributed by atoms with Crippen LogP contribution < -0.4 is 0 Å². The smallest absolute Gasteiger partial charge is 0.204 e. The molecule has 0 spiro atoms. The molecule has 0 saturated heterocycles. The third kappa shape index (κ3) is 5.12. The van der Waals surface area contributed by atoms with E-state index in [0.29, 0.717) is 40.7 Å². The lowest BCUT2D eigenvalue weighted by Crippen LogP contribution is -2.22. The maximum Gasteiger partial charge on any atom is 0.204 e. The number of imidazole rings is 1. The molecule has 0 N–H and O–H groups in total. The lowest BCUT2D eigenvalue weighted by Gasteiger charge is -2.16. The molecule has 36 heavy (non-hydrogen) atoms. The van der Waals surface area contributed by atoms with Crippen molar-refractivity contribution in [3.8, 4) is 27.8 Å². The Morgan fingerprint density at radius 1 is 1.06 bits per heavy atom. The molecule has 5 rings (SSSR count). The number of halogens is 2. The van der Waals surface area contributed by atoms with Gasteiger partial charge < -0.3 is 4.74 Å². The van der Waals surface area contributed by atoms with Crippen LogP contribution in [0.25, 0.3) is 38.8 Å². The molecule has 3 heterocycles. The summed E-state index contributed by atoms with van der Waals surface area (Å²) >= 11 is 14.3. The standard InChI is InChI=1S/C25H26Cl2N6OSSi/c1-16-12-22(35-31-16)17-8-9-20-19(13-17)29-24(33(20)15-34-10-11-36(2,3)4)25-30-28-14-32(25)21-7-5-6-18(26)23(21)27/h5-9,12-14H,10-11,15H2,1-4H3. The molecular weight excluding hydrogens is 531 g/mol. The van der Waals surface area contributed by atoms with Gasteiger partial charge in [0, 0.05) is 14.7 Å². The number of nitrogens with zero attached hydrogens (tertiary/aromatic N) is 6. The zero-order valence-electron chi connectivity index (χ0n) is 20.5. The monoisotopic (exact) mass is 556 g/mol. The zero-order chi connectivity index (χ0) is 25.4. The highest BCUT2D eigenvalue weighted by Crippen LogP contribution is 2.33. The van der Waals surface area contributed by atoms with Gasteiger partial charge in [0.1, 0.15) is 13.1 Å². The second-order valence-corrected chi connectivity index (χ2v) is 17.1. The van der Waals surface area contributed by atoms with Crippen molar-refractivity contribution in [2.75, 3.05) is 6.61 Å². The number of hydrogen-bond acceptors (Lipinski definition) is 6. The van der Waals surface area contributed by atoms with Gasteiger partial charge in [-0.3, -0.25) is 9.13 Å². The van der Waals surface area contributed by atoms with Gasteiger partial charge >= 0.3 is 0 Å². The molecule has 7 nitrogen and oxygen atoms in total. The van der Waals surface area contributed by atoms with Crippen LogP contribution in [0.3, 0.4) is 0 Å². The molecular formula is C25H26Cl2N6OSSi. The summed E-state index contributed by atoms with van der Waals surface area (Å²) < 4.78 is 14.4. The van der Waals surface area contributed by atoms with Crippen LogP contribution in [0.2, 0.25) is 35.7 Å². The summed E-state index contributed by atoms with van der Waals surface area (Å²) in [7, 11) is -1.22. The largest absolute Gasteiger partial charge is 0.361 e. The van der Waals surface area contributed by atoms with E-state index >= 15 is 0 Å². The molecule has 0 amide bonds. The molecule has 0 atom stereocenters. The van der Waals surface area contributed by atoms with Crippen molar-refractivity contribution in [2.24, 2.45) is 0 Å². The Kier molecular flexibility index (Phi) is 7.02. The lowest BCUT2D eigenvalue weighted by molar-refractivity contribution is 0.0908. The van der Waals surface area contributed by atoms with Gasteiger partial charge in [0.15, 0.2) is 5.82 Å². The highest BCUT2D eigenvalue weighted by Gasteiger charge is 2.21. The second kappa shape index (κ2) is 10.1. The molecule has 0 saturated carbocycles. The number of fused-ring (bicyclic) bond motifs is 1. The van der Waals surface area contributed by atoms with Crippen LogP contribution >= 0.6 is 34.7 Å². The average Bonchev–Trinajstić information content (AvgIpc) is 3.56. The summed E-state index contributed by atoms with van der Waals surface area (Å²) in [5.41, 5.74) is 4.55. The molecule has 0 radical (unpaired) electrons. The summed E-state index contributed by atoms with van der Waals surface area (Å²) in [6.07, 6.45) is 1.62. The predicted molar refractivity (Wildman–Crippen MR) is 150 cm³/mol.